The van der Waals surface area contributed by atoms with Gasteiger partial charge in [-0.15, -0.1) is 0 Å². The van der Waals surface area contributed by atoms with Crippen molar-refractivity contribution in [1.82, 2.24) is 4.98 Å². The maximum atomic E-state index is 5.92. The molecule has 84 valence electrons. The molecule has 1 aromatic heterocycles. The molecule has 0 aromatic carbocycles. The fourth-order valence-corrected chi connectivity index (χ4v) is 1.44. The lowest BCUT2D eigenvalue weighted by atomic mass is 10.4. The van der Waals surface area contributed by atoms with Crippen LogP contribution < -0.4 is 16.6 Å². The Morgan fingerprint density at radius 1 is 1.40 bits per heavy atom. The monoisotopic (exact) mass is 250 g/mol. The van der Waals surface area contributed by atoms with Crippen LogP contribution in [0.25, 0.3) is 0 Å². The molecule has 1 aromatic rings. The molecule has 0 radical (unpaired) electrons. The van der Waals surface area contributed by atoms with Gasteiger partial charge in [0.1, 0.15) is 5.82 Å². The van der Waals surface area contributed by atoms with E-state index >= 15 is 0 Å². The SMILES string of the molecule is COCCNc1nc(NN)c(Cl)cc1Cl. The summed E-state index contributed by atoms with van der Waals surface area (Å²) in [4.78, 5) is 4.10. The Labute approximate surface area is 97.9 Å². The number of halogens is 2. The smallest absolute Gasteiger partial charge is 0.161 e. The molecular formula is C8H12Cl2N4O. The number of anilines is 2. The minimum atomic E-state index is 0.375. The maximum Gasteiger partial charge on any atom is 0.161 e. The van der Waals surface area contributed by atoms with E-state index in [1.54, 1.807) is 13.2 Å². The van der Waals surface area contributed by atoms with Crippen molar-refractivity contribution in [2.45, 2.75) is 0 Å². The van der Waals surface area contributed by atoms with Crippen LogP contribution in [-0.2, 0) is 4.74 Å². The van der Waals surface area contributed by atoms with Crippen LogP contribution in [0.5, 0.6) is 0 Å². The van der Waals surface area contributed by atoms with Crippen LogP contribution in [0, 0.1) is 0 Å². The van der Waals surface area contributed by atoms with Crippen LogP contribution in [-0.4, -0.2) is 25.2 Å². The van der Waals surface area contributed by atoms with Gasteiger partial charge in [0.25, 0.3) is 0 Å². The predicted octanol–water partition coefficient (Wildman–Crippen LogP) is 1.73. The summed E-state index contributed by atoms with van der Waals surface area (Å²) in [5.74, 6) is 6.13. The Kier molecular flexibility index (Phi) is 4.90. The fraction of sp³-hybridized carbons (Fsp3) is 0.375. The first kappa shape index (κ1) is 12.3. The molecular weight excluding hydrogens is 239 g/mol. The molecule has 0 aliphatic carbocycles. The number of nitrogens with one attached hydrogen (secondary N) is 2. The summed E-state index contributed by atoms with van der Waals surface area (Å²) >= 11 is 11.7. The molecule has 0 fully saturated rings. The first-order valence-electron chi connectivity index (χ1n) is 4.24. The molecule has 0 spiro atoms. The van der Waals surface area contributed by atoms with E-state index in [9.17, 15) is 0 Å². The lowest BCUT2D eigenvalue weighted by molar-refractivity contribution is 0.210. The van der Waals surface area contributed by atoms with Crippen molar-refractivity contribution in [3.05, 3.63) is 16.1 Å². The zero-order valence-electron chi connectivity index (χ0n) is 8.18. The highest BCUT2D eigenvalue weighted by Crippen LogP contribution is 2.28. The van der Waals surface area contributed by atoms with Crippen molar-refractivity contribution in [2.75, 3.05) is 31.0 Å². The van der Waals surface area contributed by atoms with Gasteiger partial charge in [-0.1, -0.05) is 23.2 Å². The lowest BCUT2D eigenvalue weighted by Crippen LogP contribution is -2.13. The van der Waals surface area contributed by atoms with Gasteiger partial charge in [0.15, 0.2) is 5.82 Å². The van der Waals surface area contributed by atoms with Crippen molar-refractivity contribution in [2.24, 2.45) is 5.84 Å². The number of ether oxygens (including phenoxy) is 1. The molecule has 1 heterocycles. The van der Waals surface area contributed by atoms with E-state index < -0.39 is 0 Å². The molecule has 0 aliphatic heterocycles. The molecule has 7 heteroatoms. The van der Waals surface area contributed by atoms with E-state index in [0.29, 0.717) is 34.8 Å². The van der Waals surface area contributed by atoms with Gasteiger partial charge < -0.3 is 15.5 Å². The van der Waals surface area contributed by atoms with Crippen molar-refractivity contribution in [1.29, 1.82) is 0 Å². The van der Waals surface area contributed by atoms with E-state index in [2.05, 4.69) is 15.7 Å². The normalized spacial score (nSPS) is 10.1. The second-order valence-electron chi connectivity index (χ2n) is 2.71. The van der Waals surface area contributed by atoms with Crippen LogP contribution in [0.3, 0.4) is 0 Å². The minimum absolute atomic E-state index is 0.375. The number of hydrogen-bond donors (Lipinski definition) is 3. The molecule has 1 rings (SSSR count). The van der Waals surface area contributed by atoms with Crippen molar-refractivity contribution in [3.63, 3.8) is 0 Å². The second-order valence-corrected chi connectivity index (χ2v) is 3.53. The average molecular weight is 251 g/mol. The molecule has 4 N–H and O–H groups in total. The van der Waals surface area contributed by atoms with Gasteiger partial charge in [-0.3, -0.25) is 0 Å². The Hall–Kier alpha value is -0.750. The van der Waals surface area contributed by atoms with Gasteiger partial charge in [-0.2, -0.15) is 0 Å². The summed E-state index contributed by atoms with van der Waals surface area (Å²) in [7, 11) is 1.62. The number of pyridine rings is 1. The summed E-state index contributed by atoms with van der Waals surface area (Å²) in [6.45, 7) is 1.17. The molecule has 0 saturated carbocycles. The van der Waals surface area contributed by atoms with E-state index in [1.165, 1.54) is 0 Å². The molecule has 5 nitrogen and oxygen atoms in total. The molecule has 15 heavy (non-hydrogen) atoms. The molecule has 0 amide bonds. The first-order valence-corrected chi connectivity index (χ1v) is 5.00. The number of methoxy groups -OCH3 is 1. The topological polar surface area (TPSA) is 72.2 Å². The number of nitrogens with zero attached hydrogens (tertiary/aromatic N) is 1. The number of nitrogens with two attached hydrogens (primary N) is 1. The quantitative estimate of drug-likeness (QED) is 0.422. The Morgan fingerprint density at radius 2 is 2.07 bits per heavy atom. The average Bonchev–Trinajstić information content (AvgIpc) is 2.21. The molecule has 0 bridgehead atoms. The van der Waals surface area contributed by atoms with Gasteiger partial charge in [0, 0.05) is 13.7 Å². The Balaban J connectivity index is 2.78. The van der Waals surface area contributed by atoms with Gasteiger partial charge in [-0.05, 0) is 6.07 Å². The van der Waals surface area contributed by atoms with Crippen LogP contribution in [0.1, 0.15) is 0 Å². The van der Waals surface area contributed by atoms with E-state index in [-0.39, 0.29) is 0 Å². The molecule has 0 unspecified atom stereocenters. The van der Waals surface area contributed by atoms with Gasteiger partial charge in [0.05, 0.1) is 16.7 Å². The Morgan fingerprint density at radius 3 is 2.67 bits per heavy atom. The van der Waals surface area contributed by atoms with Gasteiger partial charge in [0.2, 0.25) is 0 Å². The van der Waals surface area contributed by atoms with Crippen molar-refractivity contribution in [3.8, 4) is 0 Å². The van der Waals surface area contributed by atoms with Gasteiger partial charge >= 0.3 is 0 Å². The third-order valence-corrected chi connectivity index (χ3v) is 2.24. The fourth-order valence-electron chi connectivity index (χ4n) is 0.963. The standard InChI is InChI=1S/C8H12Cl2N4O/c1-15-3-2-12-7-5(9)4-6(10)8(13-7)14-11/h4H,2-3,11H2,1H3,(H2,12,13,14). The second kappa shape index (κ2) is 5.97. The third-order valence-electron chi connectivity index (χ3n) is 1.66. The van der Waals surface area contributed by atoms with E-state index in [4.69, 9.17) is 33.8 Å². The van der Waals surface area contributed by atoms with Gasteiger partial charge in [-0.25, -0.2) is 10.8 Å². The number of aromatic nitrogens is 1. The summed E-state index contributed by atoms with van der Waals surface area (Å²) in [5.41, 5.74) is 2.38. The summed E-state index contributed by atoms with van der Waals surface area (Å²) in [6.07, 6.45) is 0. The number of rotatable bonds is 5. The van der Waals surface area contributed by atoms with Crippen molar-refractivity contribution >= 4 is 34.8 Å². The number of hydrogen-bond acceptors (Lipinski definition) is 5. The lowest BCUT2D eigenvalue weighted by Gasteiger charge is -2.09. The number of nitrogen functional groups attached to an aromatic ring is 1. The highest BCUT2D eigenvalue weighted by molar-refractivity contribution is 6.37. The maximum absolute atomic E-state index is 5.92. The molecule has 0 saturated heterocycles. The largest absolute Gasteiger partial charge is 0.383 e. The molecule has 0 atom stereocenters. The highest BCUT2D eigenvalue weighted by Gasteiger charge is 2.07. The summed E-state index contributed by atoms with van der Waals surface area (Å²) in [5, 5.41) is 3.81. The van der Waals surface area contributed by atoms with Crippen LogP contribution in [0.15, 0.2) is 6.07 Å². The van der Waals surface area contributed by atoms with Crippen LogP contribution >= 0.6 is 23.2 Å². The zero-order valence-corrected chi connectivity index (χ0v) is 9.69. The van der Waals surface area contributed by atoms with Crippen LogP contribution in [0.2, 0.25) is 10.0 Å². The molecule has 0 aliphatic rings. The minimum Gasteiger partial charge on any atom is -0.383 e. The van der Waals surface area contributed by atoms with E-state index in [0.717, 1.165) is 0 Å². The first-order chi connectivity index (χ1) is 7.19. The number of hydrazine groups is 1. The third kappa shape index (κ3) is 3.39. The zero-order chi connectivity index (χ0) is 11.3. The highest BCUT2D eigenvalue weighted by atomic mass is 35.5. The van der Waals surface area contributed by atoms with E-state index in [1.807, 2.05) is 0 Å². The van der Waals surface area contributed by atoms with Crippen LogP contribution in [0.4, 0.5) is 11.6 Å². The summed E-state index contributed by atoms with van der Waals surface area (Å²) < 4.78 is 4.88. The Bertz CT molecular complexity index is 335. The summed E-state index contributed by atoms with van der Waals surface area (Å²) in [6, 6.07) is 1.57. The predicted molar refractivity (Wildman–Crippen MR) is 62.4 cm³/mol. The van der Waals surface area contributed by atoms with Crippen molar-refractivity contribution < 1.29 is 4.74 Å².